The first-order valence-corrected chi connectivity index (χ1v) is 5.69. The van der Waals surface area contributed by atoms with E-state index in [9.17, 15) is 9.59 Å². The van der Waals surface area contributed by atoms with Gasteiger partial charge in [-0.2, -0.15) is 0 Å². The molecule has 0 rings (SSSR count). The topological polar surface area (TPSA) is 61.8 Å². The van der Waals surface area contributed by atoms with Gasteiger partial charge in [0.15, 0.2) is 0 Å². The summed E-state index contributed by atoms with van der Waals surface area (Å²) in [5.74, 6) is -0.550. The van der Waals surface area contributed by atoms with Crippen LogP contribution in [-0.4, -0.2) is 25.7 Å². The van der Waals surface area contributed by atoms with Crippen molar-refractivity contribution in [2.75, 3.05) is 13.7 Å². The predicted molar refractivity (Wildman–Crippen MR) is 62.0 cm³/mol. The molecule has 0 aromatic carbocycles. The molecule has 0 fully saturated rings. The molecular formula is C12H20O5. The molecule has 5 nitrogen and oxygen atoms in total. The average Bonchev–Trinajstić information content (AvgIpc) is 2.28. The van der Waals surface area contributed by atoms with Crippen molar-refractivity contribution < 1.29 is 23.8 Å². The van der Waals surface area contributed by atoms with E-state index >= 15 is 0 Å². The molecule has 0 saturated heterocycles. The summed E-state index contributed by atoms with van der Waals surface area (Å²) in [5, 5.41) is 0. The maximum Gasteiger partial charge on any atom is 0.313 e. The minimum Gasteiger partial charge on any atom is -0.469 e. The van der Waals surface area contributed by atoms with Crippen molar-refractivity contribution in [1.82, 2.24) is 0 Å². The van der Waals surface area contributed by atoms with Gasteiger partial charge < -0.3 is 14.2 Å². The van der Waals surface area contributed by atoms with Crippen LogP contribution in [0, 0.1) is 0 Å². The zero-order chi connectivity index (χ0) is 13.1. The van der Waals surface area contributed by atoms with E-state index in [0.717, 1.165) is 6.42 Å². The first kappa shape index (κ1) is 15.5. The number of carbonyl (C=O) groups excluding carboxylic acids is 2. The Kier molecular flexibility index (Phi) is 8.82. The Morgan fingerprint density at radius 2 is 1.65 bits per heavy atom. The first-order chi connectivity index (χ1) is 8.10. The fourth-order valence-corrected chi connectivity index (χ4v) is 1.19. The molecule has 0 unspecified atom stereocenters. The van der Waals surface area contributed by atoms with Crippen molar-refractivity contribution in [1.29, 1.82) is 0 Å². The summed E-state index contributed by atoms with van der Waals surface area (Å²) in [6.45, 7) is 5.64. The maximum atomic E-state index is 11.2. The molecule has 0 N–H and O–H groups in total. The third-order valence-electron chi connectivity index (χ3n) is 2.02. The molecule has 0 bridgehead atoms. The van der Waals surface area contributed by atoms with Crippen molar-refractivity contribution >= 4 is 11.9 Å². The van der Waals surface area contributed by atoms with Crippen LogP contribution in [0.5, 0.6) is 0 Å². The van der Waals surface area contributed by atoms with Crippen molar-refractivity contribution in [3.63, 3.8) is 0 Å². The van der Waals surface area contributed by atoms with Gasteiger partial charge in [0.25, 0.3) is 5.95 Å². The zero-order valence-electron chi connectivity index (χ0n) is 10.5. The van der Waals surface area contributed by atoms with Crippen LogP contribution in [0.3, 0.4) is 0 Å². The molecule has 0 aromatic rings. The van der Waals surface area contributed by atoms with Crippen molar-refractivity contribution in [3.8, 4) is 0 Å². The number of rotatable bonds is 9. The molecule has 0 aromatic heterocycles. The van der Waals surface area contributed by atoms with Gasteiger partial charge in [0, 0.05) is 12.8 Å². The standard InChI is InChI=1S/C12H20O5/c1-4-16-10(2)17-12(14)9-7-5-6-8-11(13)15-3/h2,4-9H2,1,3H3. The molecule has 0 radical (unpaired) electrons. The molecule has 0 amide bonds. The maximum absolute atomic E-state index is 11.2. The second-order valence-electron chi connectivity index (χ2n) is 3.42. The molecule has 0 aliphatic heterocycles. The summed E-state index contributed by atoms with van der Waals surface area (Å²) < 4.78 is 14.2. The van der Waals surface area contributed by atoms with Crippen molar-refractivity contribution in [3.05, 3.63) is 12.5 Å². The number of hydrogen-bond donors (Lipinski definition) is 0. The minimum atomic E-state index is -0.360. The van der Waals surface area contributed by atoms with E-state index in [0.29, 0.717) is 32.3 Å². The Morgan fingerprint density at radius 3 is 2.18 bits per heavy atom. The van der Waals surface area contributed by atoms with Crippen molar-refractivity contribution in [2.45, 2.75) is 39.0 Å². The van der Waals surface area contributed by atoms with E-state index in [1.165, 1.54) is 7.11 Å². The van der Waals surface area contributed by atoms with E-state index in [1.807, 2.05) is 0 Å². The quantitative estimate of drug-likeness (QED) is 0.353. The van der Waals surface area contributed by atoms with E-state index in [-0.39, 0.29) is 17.9 Å². The molecule has 0 spiro atoms. The molecule has 0 aliphatic carbocycles. The summed E-state index contributed by atoms with van der Waals surface area (Å²) in [4.78, 5) is 22.0. The van der Waals surface area contributed by atoms with Crippen LogP contribution >= 0.6 is 0 Å². The van der Waals surface area contributed by atoms with Crippen LogP contribution in [0.25, 0.3) is 0 Å². The molecule has 98 valence electrons. The van der Waals surface area contributed by atoms with Crippen LogP contribution < -0.4 is 0 Å². The lowest BCUT2D eigenvalue weighted by Gasteiger charge is -2.06. The molecule has 17 heavy (non-hydrogen) atoms. The highest BCUT2D eigenvalue weighted by molar-refractivity contribution is 5.70. The van der Waals surface area contributed by atoms with Crippen LogP contribution in [0.1, 0.15) is 39.0 Å². The highest BCUT2D eigenvalue weighted by Crippen LogP contribution is 2.06. The smallest absolute Gasteiger partial charge is 0.313 e. The lowest BCUT2D eigenvalue weighted by molar-refractivity contribution is -0.145. The van der Waals surface area contributed by atoms with Gasteiger partial charge in [0.1, 0.15) is 0 Å². The lowest BCUT2D eigenvalue weighted by Crippen LogP contribution is -2.06. The zero-order valence-corrected chi connectivity index (χ0v) is 10.5. The van der Waals surface area contributed by atoms with E-state index in [2.05, 4.69) is 11.3 Å². The monoisotopic (exact) mass is 244 g/mol. The van der Waals surface area contributed by atoms with Gasteiger partial charge in [-0.1, -0.05) is 6.42 Å². The molecule has 0 aliphatic rings. The molecule has 5 heteroatoms. The van der Waals surface area contributed by atoms with Gasteiger partial charge in [-0.25, -0.2) is 0 Å². The Morgan fingerprint density at radius 1 is 1.06 bits per heavy atom. The summed E-state index contributed by atoms with van der Waals surface area (Å²) in [7, 11) is 1.36. The van der Waals surface area contributed by atoms with Crippen molar-refractivity contribution in [2.24, 2.45) is 0 Å². The molecular weight excluding hydrogens is 224 g/mol. The van der Waals surface area contributed by atoms with Gasteiger partial charge in [-0.15, -0.1) is 0 Å². The van der Waals surface area contributed by atoms with Gasteiger partial charge in [0.05, 0.1) is 13.7 Å². The van der Waals surface area contributed by atoms with E-state index < -0.39 is 0 Å². The average molecular weight is 244 g/mol. The fourth-order valence-electron chi connectivity index (χ4n) is 1.19. The Bertz CT molecular complexity index is 260. The van der Waals surface area contributed by atoms with Gasteiger partial charge in [0.2, 0.25) is 0 Å². The highest BCUT2D eigenvalue weighted by atomic mass is 16.7. The van der Waals surface area contributed by atoms with Crippen LogP contribution in [0.4, 0.5) is 0 Å². The van der Waals surface area contributed by atoms with E-state index in [1.54, 1.807) is 6.92 Å². The first-order valence-electron chi connectivity index (χ1n) is 5.69. The third kappa shape index (κ3) is 9.41. The highest BCUT2D eigenvalue weighted by Gasteiger charge is 2.06. The van der Waals surface area contributed by atoms with Gasteiger partial charge >= 0.3 is 11.9 Å². The third-order valence-corrected chi connectivity index (χ3v) is 2.02. The summed E-state index contributed by atoms with van der Waals surface area (Å²) in [6.07, 6.45) is 2.86. The normalized spacial score (nSPS) is 9.53. The van der Waals surface area contributed by atoms with Gasteiger partial charge in [-0.3, -0.25) is 9.59 Å². The van der Waals surface area contributed by atoms with Crippen LogP contribution in [0.2, 0.25) is 0 Å². The summed E-state index contributed by atoms with van der Waals surface area (Å²) >= 11 is 0. The molecule has 0 heterocycles. The summed E-state index contributed by atoms with van der Waals surface area (Å²) in [6, 6.07) is 0. The van der Waals surface area contributed by atoms with Crippen LogP contribution in [0.15, 0.2) is 12.5 Å². The Labute approximate surface area is 102 Å². The second-order valence-corrected chi connectivity index (χ2v) is 3.42. The van der Waals surface area contributed by atoms with Gasteiger partial charge in [-0.05, 0) is 26.3 Å². The fraction of sp³-hybridized carbons (Fsp3) is 0.667. The Balaban J connectivity index is 3.45. The SMILES string of the molecule is C=C(OCC)OC(=O)CCCCCC(=O)OC. The minimum absolute atomic E-state index is 0.0343. The summed E-state index contributed by atoms with van der Waals surface area (Å²) in [5.41, 5.74) is 0. The number of methoxy groups -OCH3 is 1. The number of hydrogen-bond acceptors (Lipinski definition) is 5. The van der Waals surface area contributed by atoms with E-state index in [4.69, 9.17) is 9.47 Å². The number of esters is 2. The molecule has 0 saturated carbocycles. The van der Waals surface area contributed by atoms with Crippen LogP contribution in [-0.2, 0) is 23.8 Å². The largest absolute Gasteiger partial charge is 0.469 e. The lowest BCUT2D eigenvalue weighted by atomic mass is 10.1. The second kappa shape index (κ2) is 9.69. The number of carbonyl (C=O) groups is 2. The Hall–Kier alpha value is -1.52. The predicted octanol–water partition coefficient (Wildman–Crippen LogP) is 2.16. The number of unbranched alkanes of at least 4 members (excludes halogenated alkanes) is 2. The number of ether oxygens (including phenoxy) is 3. The molecule has 0 atom stereocenters.